The van der Waals surface area contributed by atoms with Crippen molar-refractivity contribution >= 4 is 34.8 Å². The van der Waals surface area contributed by atoms with Gasteiger partial charge in [-0.25, -0.2) is 0 Å². The van der Waals surface area contributed by atoms with E-state index in [2.05, 4.69) is 10.2 Å². The van der Waals surface area contributed by atoms with Crippen LogP contribution < -0.4 is 9.47 Å². The fraction of sp³-hybridized carbons (Fsp3) is 0.130. The number of rotatable bonds is 6. The highest BCUT2D eigenvalue weighted by molar-refractivity contribution is 6.40. The maximum Gasteiger partial charge on any atom is 0.175 e. The Morgan fingerprint density at radius 3 is 2.13 bits per heavy atom. The predicted molar refractivity (Wildman–Crippen MR) is 124 cm³/mol. The molecule has 0 amide bonds. The monoisotopic (exact) mass is 473 g/mol. The molecule has 0 radical (unpaired) electrons. The molecule has 1 aromatic heterocycles. The molecule has 0 aliphatic carbocycles. The van der Waals surface area contributed by atoms with Crippen molar-refractivity contribution in [1.29, 1.82) is 0 Å². The van der Waals surface area contributed by atoms with Crippen LogP contribution in [0.3, 0.4) is 0 Å². The zero-order valence-electron chi connectivity index (χ0n) is 16.8. The van der Waals surface area contributed by atoms with Crippen molar-refractivity contribution in [1.82, 2.24) is 14.8 Å². The van der Waals surface area contributed by atoms with Crippen LogP contribution in [-0.4, -0.2) is 21.9 Å². The Labute approximate surface area is 195 Å². The summed E-state index contributed by atoms with van der Waals surface area (Å²) >= 11 is 18.5. The van der Waals surface area contributed by atoms with Gasteiger partial charge < -0.3 is 9.47 Å². The number of methoxy groups -OCH3 is 1. The Morgan fingerprint density at radius 1 is 0.871 bits per heavy atom. The van der Waals surface area contributed by atoms with Crippen molar-refractivity contribution in [3.8, 4) is 28.6 Å². The topological polar surface area (TPSA) is 49.2 Å². The molecule has 4 rings (SSSR count). The van der Waals surface area contributed by atoms with Crippen molar-refractivity contribution in [3.05, 3.63) is 87.1 Å². The molecule has 4 aromatic rings. The summed E-state index contributed by atoms with van der Waals surface area (Å²) in [4.78, 5) is 0. The molecule has 0 bridgehead atoms. The van der Waals surface area contributed by atoms with Gasteiger partial charge in [0.25, 0.3) is 0 Å². The van der Waals surface area contributed by atoms with Crippen LogP contribution in [0.15, 0.2) is 60.7 Å². The van der Waals surface area contributed by atoms with Crippen molar-refractivity contribution < 1.29 is 9.47 Å². The molecule has 0 unspecified atom stereocenters. The lowest BCUT2D eigenvalue weighted by Gasteiger charge is -2.13. The number of nitrogens with zero attached hydrogens (tertiary/aromatic N) is 3. The van der Waals surface area contributed by atoms with E-state index in [9.17, 15) is 0 Å². The van der Waals surface area contributed by atoms with Gasteiger partial charge in [0.2, 0.25) is 0 Å². The van der Waals surface area contributed by atoms with Gasteiger partial charge in [-0.15, -0.1) is 10.2 Å². The van der Waals surface area contributed by atoms with Crippen LogP contribution in [0.2, 0.25) is 15.1 Å². The van der Waals surface area contributed by atoms with Crippen LogP contribution in [0.1, 0.15) is 11.4 Å². The summed E-state index contributed by atoms with van der Waals surface area (Å²) in [5, 5.41) is 9.88. The molecular formula is C23H18Cl3N3O2. The molecule has 3 aromatic carbocycles. The fourth-order valence-electron chi connectivity index (χ4n) is 3.11. The Kier molecular flexibility index (Phi) is 6.37. The molecule has 1 heterocycles. The number of aryl methyl sites for hydroxylation is 1. The Morgan fingerprint density at radius 2 is 1.52 bits per heavy atom. The third kappa shape index (κ3) is 4.64. The first kappa shape index (κ1) is 21.5. The van der Waals surface area contributed by atoms with Crippen molar-refractivity contribution in [2.24, 2.45) is 0 Å². The number of aromatic nitrogens is 3. The zero-order valence-corrected chi connectivity index (χ0v) is 19.0. The summed E-state index contributed by atoms with van der Waals surface area (Å²) < 4.78 is 13.1. The number of ether oxygens (including phenoxy) is 2. The van der Waals surface area contributed by atoms with E-state index in [1.807, 2.05) is 60.0 Å². The van der Waals surface area contributed by atoms with Gasteiger partial charge >= 0.3 is 0 Å². The highest BCUT2D eigenvalue weighted by atomic mass is 35.5. The van der Waals surface area contributed by atoms with Gasteiger partial charge in [0.15, 0.2) is 17.4 Å². The average molecular weight is 475 g/mol. The molecule has 0 saturated heterocycles. The minimum Gasteiger partial charge on any atom is -0.497 e. The molecule has 0 N–H and O–H groups in total. The highest BCUT2D eigenvalue weighted by Crippen LogP contribution is 2.36. The minimum absolute atomic E-state index is 0.103. The molecule has 31 heavy (non-hydrogen) atoms. The first-order chi connectivity index (χ1) is 15.0. The smallest absolute Gasteiger partial charge is 0.175 e. The second-order valence-corrected chi connectivity index (χ2v) is 8.08. The Hall–Kier alpha value is -2.73. The molecule has 0 spiro atoms. The van der Waals surface area contributed by atoms with E-state index in [4.69, 9.17) is 44.3 Å². The van der Waals surface area contributed by atoms with Gasteiger partial charge in [0, 0.05) is 16.3 Å². The number of benzene rings is 3. The van der Waals surface area contributed by atoms with E-state index < -0.39 is 0 Å². The number of halogens is 3. The molecule has 0 saturated carbocycles. The zero-order chi connectivity index (χ0) is 22.0. The normalized spacial score (nSPS) is 10.9. The van der Waals surface area contributed by atoms with Crippen LogP contribution in [0, 0.1) is 6.92 Å². The van der Waals surface area contributed by atoms with E-state index in [0.29, 0.717) is 32.5 Å². The van der Waals surface area contributed by atoms with E-state index >= 15 is 0 Å². The Bertz CT molecular complexity index is 1180. The predicted octanol–water partition coefficient (Wildman–Crippen LogP) is 6.79. The van der Waals surface area contributed by atoms with E-state index in [1.165, 1.54) is 0 Å². The van der Waals surface area contributed by atoms with Crippen LogP contribution >= 0.6 is 34.8 Å². The number of hydrogen-bond acceptors (Lipinski definition) is 4. The van der Waals surface area contributed by atoms with Gasteiger partial charge in [-0.3, -0.25) is 4.57 Å². The maximum atomic E-state index is 6.26. The fourth-order valence-corrected chi connectivity index (χ4v) is 4.03. The lowest BCUT2D eigenvalue weighted by Crippen LogP contribution is -2.07. The Balaban J connectivity index is 1.74. The SMILES string of the molecule is COc1ccc(-n2c(COc3c(Cl)cc(Cl)cc3Cl)nnc2-c2ccc(C)cc2)cc1. The van der Waals surface area contributed by atoms with Crippen molar-refractivity contribution in [2.45, 2.75) is 13.5 Å². The second-order valence-electron chi connectivity index (χ2n) is 6.83. The minimum atomic E-state index is 0.103. The third-order valence-electron chi connectivity index (χ3n) is 4.68. The van der Waals surface area contributed by atoms with Gasteiger partial charge in [-0.2, -0.15) is 0 Å². The van der Waals surface area contributed by atoms with E-state index in [1.54, 1.807) is 19.2 Å². The van der Waals surface area contributed by atoms with Gasteiger partial charge in [-0.1, -0.05) is 64.6 Å². The summed E-state index contributed by atoms with van der Waals surface area (Å²) in [6.07, 6.45) is 0. The lowest BCUT2D eigenvalue weighted by atomic mass is 10.1. The molecule has 8 heteroatoms. The summed E-state index contributed by atoms with van der Waals surface area (Å²) in [6.45, 7) is 2.14. The van der Waals surface area contributed by atoms with Crippen LogP contribution in [0.4, 0.5) is 0 Å². The average Bonchev–Trinajstić information content (AvgIpc) is 3.17. The molecule has 158 valence electrons. The highest BCUT2D eigenvalue weighted by Gasteiger charge is 2.18. The first-order valence-corrected chi connectivity index (χ1v) is 10.5. The molecule has 0 atom stereocenters. The summed E-state index contributed by atoms with van der Waals surface area (Å²) in [7, 11) is 1.63. The quantitative estimate of drug-likeness (QED) is 0.309. The van der Waals surface area contributed by atoms with Crippen LogP contribution in [-0.2, 0) is 6.61 Å². The number of hydrogen-bond donors (Lipinski definition) is 0. The molecule has 0 aliphatic heterocycles. The van der Waals surface area contributed by atoms with Crippen molar-refractivity contribution in [3.63, 3.8) is 0 Å². The third-order valence-corrected chi connectivity index (χ3v) is 5.46. The molecular weight excluding hydrogens is 457 g/mol. The van der Waals surface area contributed by atoms with Gasteiger partial charge in [0.1, 0.15) is 12.4 Å². The van der Waals surface area contributed by atoms with Gasteiger partial charge in [0.05, 0.1) is 17.2 Å². The van der Waals surface area contributed by atoms with Gasteiger partial charge in [-0.05, 0) is 43.3 Å². The van der Waals surface area contributed by atoms with Crippen LogP contribution in [0.25, 0.3) is 17.1 Å². The molecule has 5 nitrogen and oxygen atoms in total. The summed E-state index contributed by atoms with van der Waals surface area (Å²) in [5.41, 5.74) is 2.96. The molecule has 0 aliphatic rings. The summed E-state index contributed by atoms with van der Waals surface area (Å²) in [5.74, 6) is 2.38. The van der Waals surface area contributed by atoms with E-state index in [-0.39, 0.29) is 6.61 Å². The first-order valence-electron chi connectivity index (χ1n) is 9.39. The van der Waals surface area contributed by atoms with Crippen LogP contribution in [0.5, 0.6) is 11.5 Å². The van der Waals surface area contributed by atoms with E-state index in [0.717, 1.165) is 22.6 Å². The second kappa shape index (κ2) is 9.18. The molecule has 0 fully saturated rings. The standard InChI is InChI=1S/C23H18Cl3N3O2/c1-14-3-5-15(6-4-14)23-28-27-21(29(23)17-7-9-18(30-2)10-8-17)13-31-22-19(25)11-16(24)12-20(22)26/h3-12H,13H2,1-2H3. The maximum absolute atomic E-state index is 6.26. The van der Waals surface area contributed by atoms with Crippen molar-refractivity contribution in [2.75, 3.05) is 7.11 Å². The lowest BCUT2D eigenvalue weighted by molar-refractivity contribution is 0.294. The summed E-state index contributed by atoms with van der Waals surface area (Å²) in [6, 6.07) is 18.9. The largest absolute Gasteiger partial charge is 0.497 e.